The molecule has 4 heteroatoms. The third kappa shape index (κ3) is 3.32. The molecule has 0 aromatic heterocycles. The van der Waals surface area contributed by atoms with E-state index in [0.29, 0.717) is 5.56 Å². The van der Waals surface area contributed by atoms with Gasteiger partial charge in [0.2, 0.25) is 0 Å². The van der Waals surface area contributed by atoms with E-state index in [1.54, 1.807) is 30.0 Å². The first-order chi connectivity index (χ1) is 7.16. The summed E-state index contributed by atoms with van der Waals surface area (Å²) in [5.41, 5.74) is 0.568. The smallest absolute Gasteiger partial charge is 0.124 e. The van der Waals surface area contributed by atoms with Crippen LogP contribution in [0.15, 0.2) is 18.2 Å². The Kier molecular flexibility index (Phi) is 4.78. The highest BCUT2D eigenvalue weighted by Crippen LogP contribution is 2.31. The van der Waals surface area contributed by atoms with Gasteiger partial charge in [-0.3, -0.25) is 0 Å². The molecule has 1 rings (SSSR count). The van der Waals surface area contributed by atoms with Crippen LogP contribution in [-0.2, 0) is 0 Å². The molecule has 0 amide bonds. The molecule has 0 fully saturated rings. The van der Waals surface area contributed by atoms with Crippen molar-refractivity contribution < 1.29 is 10.2 Å². The number of phenols is 2. The van der Waals surface area contributed by atoms with Crippen molar-refractivity contribution in [1.82, 2.24) is 5.32 Å². The van der Waals surface area contributed by atoms with E-state index in [1.807, 2.05) is 13.2 Å². The van der Waals surface area contributed by atoms with E-state index < -0.39 is 0 Å². The number of nitrogens with one attached hydrogen (secondary N) is 1. The SMILES string of the molecule is CSCCNC(C)c1c(O)cccc1O. The van der Waals surface area contributed by atoms with Crippen LogP contribution in [0.25, 0.3) is 0 Å². The second-order valence-electron chi connectivity index (χ2n) is 3.38. The number of benzene rings is 1. The quantitative estimate of drug-likeness (QED) is 0.674. The number of hydrogen-bond acceptors (Lipinski definition) is 4. The lowest BCUT2D eigenvalue weighted by molar-refractivity contribution is 0.421. The van der Waals surface area contributed by atoms with E-state index in [-0.39, 0.29) is 17.5 Å². The van der Waals surface area contributed by atoms with Crippen LogP contribution in [-0.4, -0.2) is 28.8 Å². The van der Waals surface area contributed by atoms with Crippen LogP contribution in [0.1, 0.15) is 18.5 Å². The van der Waals surface area contributed by atoms with Gasteiger partial charge in [-0.1, -0.05) is 6.07 Å². The predicted octanol–water partition coefficient (Wildman–Crippen LogP) is 2.11. The molecule has 3 N–H and O–H groups in total. The van der Waals surface area contributed by atoms with Gasteiger partial charge in [0.15, 0.2) is 0 Å². The van der Waals surface area contributed by atoms with E-state index in [2.05, 4.69) is 5.32 Å². The lowest BCUT2D eigenvalue weighted by Gasteiger charge is -2.16. The van der Waals surface area contributed by atoms with Gasteiger partial charge in [0.25, 0.3) is 0 Å². The molecular weight excluding hydrogens is 210 g/mol. The van der Waals surface area contributed by atoms with Crippen LogP contribution in [0, 0.1) is 0 Å². The summed E-state index contributed by atoms with van der Waals surface area (Å²) in [6.45, 7) is 2.78. The lowest BCUT2D eigenvalue weighted by Crippen LogP contribution is -2.21. The van der Waals surface area contributed by atoms with Gasteiger partial charge in [-0.2, -0.15) is 11.8 Å². The molecule has 0 aliphatic heterocycles. The molecule has 1 atom stereocenters. The summed E-state index contributed by atoms with van der Waals surface area (Å²) in [4.78, 5) is 0. The molecule has 0 heterocycles. The van der Waals surface area contributed by atoms with E-state index in [0.717, 1.165) is 12.3 Å². The number of thioether (sulfide) groups is 1. The second-order valence-corrected chi connectivity index (χ2v) is 4.36. The monoisotopic (exact) mass is 227 g/mol. The second kappa shape index (κ2) is 5.88. The van der Waals surface area contributed by atoms with Crippen LogP contribution in [0.2, 0.25) is 0 Å². The maximum atomic E-state index is 9.61. The summed E-state index contributed by atoms with van der Waals surface area (Å²) in [5, 5.41) is 22.5. The summed E-state index contributed by atoms with van der Waals surface area (Å²) >= 11 is 1.76. The first kappa shape index (κ1) is 12.2. The lowest BCUT2D eigenvalue weighted by atomic mass is 10.1. The third-order valence-corrected chi connectivity index (χ3v) is 2.86. The molecule has 0 aliphatic rings. The normalized spacial score (nSPS) is 12.7. The molecular formula is C11H17NO2S. The van der Waals surface area contributed by atoms with Crippen molar-refractivity contribution in [2.75, 3.05) is 18.6 Å². The van der Waals surface area contributed by atoms with Gasteiger partial charge in [-0.05, 0) is 25.3 Å². The number of aromatic hydroxyl groups is 2. The zero-order valence-corrected chi connectivity index (χ0v) is 9.84. The Labute approximate surface area is 94.5 Å². The van der Waals surface area contributed by atoms with E-state index in [4.69, 9.17) is 0 Å². The van der Waals surface area contributed by atoms with Gasteiger partial charge in [0, 0.05) is 18.3 Å². The van der Waals surface area contributed by atoms with Crippen molar-refractivity contribution in [3.05, 3.63) is 23.8 Å². The molecule has 0 spiro atoms. The van der Waals surface area contributed by atoms with E-state index >= 15 is 0 Å². The summed E-state index contributed by atoms with van der Waals surface area (Å²) in [5.74, 6) is 1.29. The van der Waals surface area contributed by atoms with Crippen molar-refractivity contribution in [3.8, 4) is 11.5 Å². The van der Waals surface area contributed by atoms with Gasteiger partial charge in [0.1, 0.15) is 11.5 Å². The first-order valence-corrected chi connectivity index (χ1v) is 6.29. The largest absolute Gasteiger partial charge is 0.507 e. The summed E-state index contributed by atoms with van der Waals surface area (Å²) in [6.07, 6.45) is 2.05. The Morgan fingerprint density at radius 2 is 1.93 bits per heavy atom. The summed E-state index contributed by atoms with van der Waals surface area (Å²) < 4.78 is 0. The molecule has 0 saturated heterocycles. The molecule has 1 aromatic carbocycles. The highest BCUT2D eigenvalue weighted by Gasteiger charge is 2.13. The minimum absolute atomic E-state index is 0.0432. The van der Waals surface area contributed by atoms with Gasteiger partial charge in [-0.25, -0.2) is 0 Å². The Morgan fingerprint density at radius 3 is 2.47 bits per heavy atom. The van der Waals surface area contributed by atoms with Crippen LogP contribution in [0.3, 0.4) is 0 Å². The van der Waals surface area contributed by atoms with Gasteiger partial charge in [0.05, 0.1) is 5.56 Å². The van der Waals surface area contributed by atoms with E-state index in [1.165, 1.54) is 0 Å². The molecule has 0 radical (unpaired) electrons. The number of rotatable bonds is 5. The maximum Gasteiger partial charge on any atom is 0.124 e. The average Bonchev–Trinajstić information content (AvgIpc) is 2.18. The number of phenolic OH excluding ortho intramolecular Hbond substituents is 2. The fourth-order valence-corrected chi connectivity index (χ4v) is 1.79. The van der Waals surface area contributed by atoms with Crippen molar-refractivity contribution in [1.29, 1.82) is 0 Å². The summed E-state index contributed by atoms with van der Waals surface area (Å²) in [6, 6.07) is 4.75. The van der Waals surface area contributed by atoms with Gasteiger partial charge in [-0.15, -0.1) is 0 Å². The standard InChI is InChI=1S/C11H17NO2S/c1-8(12-6-7-15-2)11-9(13)4-3-5-10(11)14/h3-5,8,12-14H,6-7H2,1-2H3. The van der Waals surface area contributed by atoms with Gasteiger partial charge >= 0.3 is 0 Å². The van der Waals surface area contributed by atoms with Crippen molar-refractivity contribution in [2.45, 2.75) is 13.0 Å². The third-order valence-electron chi connectivity index (χ3n) is 2.25. The maximum absolute atomic E-state index is 9.61. The Hall–Kier alpha value is -0.870. The molecule has 1 aromatic rings. The molecule has 0 aliphatic carbocycles. The van der Waals surface area contributed by atoms with Crippen molar-refractivity contribution in [3.63, 3.8) is 0 Å². The number of hydrogen-bond donors (Lipinski definition) is 3. The average molecular weight is 227 g/mol. The van der Waals surface area contributed by atoms with Crippen LogP contribution >= 0.6 is 11.8 Å². The molecule has 0 saturated carbocycles. The molecule has 84 valence electrons. The van der Waals surface area contributed by atoms with Crippen LogP contribution in [0.4, 0.5) is 0 Å². The predicted molar refractivity (Wildman–Crippen MR) is 64.6 cm³/mol. The first-order valence-electron chi connectivity index (χ1n) is 4.90. The Bertz CT molecular complexity index is 297. The van der Waals surface area contributed by atoms with Gasteiger partial charge < -0.3 is 15.5 Å². The molecule has 1 unspecified atom stereocenters. The topological polar surface area (TPSA) is 52.5 Å². The Balaban J connectivity index is 2.68. The fraction of sp³-hybridized carbons (Fsp3) is 0.455. The minimum Gasteiger partial charge on any atom is -0.507 e. The fourth-order valence-electron chi connectivity index (χ4n) is 1.46. The minimum atomic E-state index is -0.0432. The Morgan fingerprint density at radius 1 is 1.33 bits per heavy atom. The highest BCUT2D eigenvalue weighted by molar-refractivity contribution is 7.98. The summed E-state index contributed by atoms with van der Waals surface area (Å²) in [7, 11) is 0. The highest BCUT2D eigenvalue weighted by atomic mass is 32.2. The van der Waals surface area contributed by atoms with Crippen LogP contribution < -0.4 is 5.32 Å². The van der Waals surface area contributed by atoms with Crippen molar-refractivity contribution >= 4 is 11.8 Å². The van der Waals surface area contributed by atoms with E-state index in [9.17, 15) is 10.2 Å². The zero-order valence-electron chi connectivity index (χ0n) is 9.03. The molecule has 15 heavy (non-hydrogen) atoms. The molecule has 3 nitrogen and oxygen atoms in total. The molecule has 0 bridgehead atoms. The van der Waals surface area contributed by atoms with Crippen molar-refractivity contribution in [2.24, 2.45) is 0 Å². The van der Waals surface area contributed by atoms with Crippen LogP contribution in [0.5, 0.6) is 11.5 Å². The zero-order chi connectivity index (χ0) is 11.3.